The SMILES string of the molecule is COC(=O)[C@@H]1Cc2ccccc2C[NH+]1CC(=O)NCc1ccc2c(c1)OCO2. The molecule has 0 saturated heterocycles. The van der Waals surface area contributed by atoms with Crippen LogP contribution in [-0.4, -0.2) is 38.4 Å². The smallest absolute Gasteiger partial charge is 0.365 e. The summed E-state index contributed by atoms with van der Waals surface area (Å²) in [5.74, 6) is 1.01. The van der Waals surface area contributed by atoms with Crippen molar-refractivity contribution in [1.29, 1.82) is 0 Å². The molecule has 0 spiro atoms. The Bertz CT molecular complexity index is 898. The maximum absolute atomic E-state index is 12.5. The third-order valence-corrected chi connectivity index (χ3v) is 5.25. The number of nitrogens with one attached hydrogen (secondary N) is 2. The predicted molar refractivity (Wildman–Crippen MR) is 99.9 cm³/mol. The van der Waals surface area contributed by atoms with Gasteiger partial charge in [0.05, 0.1) is 7.11 Å². The first-order valence-corrected chi connectivity index (χ1v) is 9.28. The molecule has 2 aromatic carbocycles. The van der Waals surface area contributed by atoms with Crippen LogP contribution in [0.3, 0.4) is 0 Å². The van der Waals surface area contributed by atoms with Gasteiger partial charge in [0, 0.05) is 18.5 Å². The zero-order chi connectivity index (χ0) is 19.5. The molecule has 7 heteroatoms. The van der Waals surface area contributed by atoms with E-state index < -0.39 is 0 Å². The summed E-state index contributed by atoms with van der Waals surface area (Å²) in [5.41, 5.74) is 3.24. The van der Waals surface area contributed by atoms with Crippen LogP contribution >= 0.6 is 0 Å². The molecular weight excluding hydrogens is 360 g/mol. The molecule has 0 aromatic heterocycles. The molecule has 4 rings (SSSR count). The number of carbonyl (C=O) groups is 2. The van der Waals surface area contributed by atoms with Gasteiger partial charge >= 0.3 is 5.97 Å². The number of amides is 1. The van der Waals surface area contributed by atoms with E-state index in [0.717, 1.165) is 16.0 Å². The lowest BCUT2D eigenvalue weighted by atomic mass is 9.94. The van der Waals surface area contributed by atoms with Gasteiger partial charge in [-0.1, -0.05) is 30.3 Å². The van der Waals surface area contributed by atoms with E-state index in [4.69, 9.17) is 14.2 Å². The summed E-state index contributed by atoms with van der Waals surface area (Å²) in [5, 5.41) is 2.93. The Morgan fingerprint density at radius 3 is 2.75 bits per heavy atom. The number of rotatable bonds is 5. The first-order chi connectivity index (χ1) is 13.6. The van der Waals surface area contributed by atoms with Crippen molar-refractivity contribution in [2.24, 2.45) is 0 Å². The van der Waals surface area contributed by atoms with Crippen molar-refractivity contribution < 1.29 is 28.7 Å². The molecule has 2 N–H and O–H groups in total. The van der Waals surface area contributed by atoms with Crippen molar-refractivity contribution in [2.75, 3.05) is 20.4 Å². The van der Waals surface area contributed by atoms with Crippen molar-refractivity contribution in [2.45, 2.75) is 25.6 Å². The fourth-order valence-electron chi connectivity index (χ4n) is 3.76. The van der Waals surface area contributed by atoms with Crippen molar-refractivity contribution in [1.82, 2.24) is 5.32 Å². The predicted octanol–water partition coefficient (Wildman–Crippen LogP) is 0.214. The van der Waals surface area contributed by atoms with E-state index in [1.54, 1.807) is 0 Å². The Hall–Kier alpha value is -3.06. The van der Waals surface area contributed by atoms with E-state index in [1.807, 2.05) is 42.5 Å². The van der Waals surface area contributed by atoms with Crippen LogP contribution in [0, 0.1) is 0 Å². The van der Waals surface area contributed by atoms with Crippen LogP contribution in [0.4, 0.5) is 0 Å². The molecule has 1 amide bonds. The maximum Gasteiger partial charge on any atom is 0.365 e. The molecule has 2 atom stereocenters. The number of quaternary nitrogens is 1. The van der Waals surface area contributed by atoms with E-state index in [2.05, 4.69) is 5.32 Å². The van der Waals surface area contributed by atoms with Gasteiger partial charge in [0.15, 0.2) is 24.1 Å². The summed E-state index contributed by atoms with van der Waals surface area (Å²) in [7, 11) is 1.39. The van der Waals surface area contributed by atoms with Crippen LogP contribution in [0.1, 0.15) is 16.7 Å². The number of carbonyl (C=O) groups excluding carboxylic acids is 2. The molecule has 28 heavy (non-hydrogen) atoms. The normalized spacial score (nSPS) is 19.6. The second kappa shape index (κ2) is 7.90. The zero-order valence-electron chi connectivity index (χ0n) is 15.7. The van der Waals surface area contributed by atoms with Gasteiger partial charge in [0.25, 0.3) is 5.91 Å². The molecule has 0 radical (unpaired) electrons. The lowest BCUT2D eigenvalue weighted by Gasteiger charge is -2.31. The van der Waals surface area contributed by atoms with E-state index in [-0.39, 0.29) is 31.3 Å². The second-order valence-electron chi connectivity index (χ2n) is 7.02. The van der Waals surface area contributed by atoms with Crippen molar-refractivity contribution >= 4 is 11.9 Å². The van der Waals surface area contributed by atoms with Crippen LogP contribution in [0.25, 0.3) is 0 Å². The highest BCUT2D eigenvalue weighted by Crippen LogP contribution is 2.32. The quantitative estimate of drug-likeness (QED) is 0.722. The van der Waals surface area contributed by atoms with Crippen LogP contribution < -0.4 is 19.7 Å². The minimum Gasteiger partial charge on any atom is -0.465 e. The Morgan fingerprint density at radius 1 is 1.14 bits per heavy atom. The summed E-state index contributed by atoms with van der Waals surface area (Å²) in [6.45, 7) is 1.44. The van der Waals surface area contributed by atoms with Gasteiger partial charge in [-0.15, -0.1) is 0 Å². The van der Waals surface area contributed by atoms with Crippen molar-refractivity contribution in [3.8, 4) is 11.5 Å². The standard InChI is InChI=1S/C21H22N2O5/c1-26-21(25)17-9-15-4-2-3-5-16(15)11-23(17)12-20(24)22-10-14-6-7-18-19(8-14)28-13-27-18/h2-8,17H,9-13H2,1H3,(H,22,24)/p+1/t17-/m0/s1. The average molecular weight is 383 g/mol. The van der Waals surface area contributed by atoms with Gasteiger partial charge in [-0.3, -0.25) is 4.79 Å². The summed E-state index contributed by atoms with van der Waals surface area (Å²) >= 11 is 0. The van der Waals surface area contributed by atoms with E-state index in [0.29, 0.717) is 31.0 Å². The molecule has 2 aliphatic heterocycles. The number of fused-ring (bicyclic) bond motifs is 2. The Balaban J connectivity index is 1.40. The minimum atomic E-state index is -0.379. The first kappa shape index (κ1) is 18.3. The fourth-order valence-corrected chi connectivity index (χ4v) is 3.76. The van der Waals surface area contributed by atoms with E-state index >= 15 is 0 Å². The number of hydrogen-bond acceptors (Lipinski definition) is 5. The lowest BCUT2D eigenvalue weighted by molar-refractivity contribution is -0.924. The van der Waals surface area contributed by atoms with Crippen LogP contribution in [0.5, 0.6) is 11.5 Å². The van der Waals surface area contributed by atoms with Crippen molar-refractivity contribution in [3.63, 3.8) is 0 Å². The second-order valence-corrected chi connectivity index (χ2v) is 7.02. The van der Waals surface area contributed by atoms with Gasteiger partial charge in [-0.2, -0.15) is 0 Å². The Kier molecular flexibility index (Phi) is 5.16. The topological polar surface area (TPSA) is 78.3 Å². The van der Waals surface area contributed by atoms with Crippen LogP contribution in [-0.2, 0) is 33.8 Å². The third kappa shape index (κ3) is 3.80. The fraction of sp³-hybridized carbons (Fsp3) is 0.333. The number of esters is 1. The number of hydrogen-bond donors (Lipinski definition) is 2. The Morgan fingerprint density at radius 2 is 1.93 bits per heavy atom. The largest absolute Gasteiger partial charge is 0.465 e. The van der Waals surface area contributed by atoms with Gasteiger partial charge in [0.1, 0.15) is 6.54 Å². The first-order valence-electron chi connectivity index (χ1n) is 9.28. The molecule has 0 aliphatic carbocycles. The Labute approximate surface area is 163 Å². The molecular formula is C21H23N2O5+. The lowest BCUT2D eigenvalue weighted by Crippen LogP contribution is -3.17. The van der Waals surface area contributed by atoms with Gasteiger partial charge in [-0.05, 0) is 23.3 Å². The highest BCUT2D eigenvalue weighted by Gasteiger charge is 2.37. The zero-order valence-corrected chi connectivity index (χ0v) is 15.7. The molecule has 0 fully saturated rings. The highest BCUT2D eigenvalue weighted by atomic mass is 16.7. The number of ether oxygens (including phenoxy) is 3. The highest BCUT2D eigenvalue weighted by molar-refractivity contribution is 5.78. The third-order valence-electron chi connectivity index (χ3n) is 5.25. The number of methoxy groups -OCH3 is 1. The van der Waals surface area contributed by atoms with Gasteiger partial charge < -0.3 is 24.4 Å². The van der Waals surface area contributed by atoms with E-state index in [9.17, 15) is 9.59 Å². The summed E-state index contributed by atoms with van der Waals surface area (Å²) in [6.07, 6.45) is 0.577. The molecule has 7 nitrogen and oxygen atoms in total. The summed E-state index contributed by atoms with van der Waals surface area (Å²) in [6, 6.07) is 13.2. The average Bonchev–Trinajstić information content (AvgIpc) is 3.19. The molecule has 1 unspecified atom stereocenters. The molecule has 2 heterocycles. The van der Waals surface area contributed by atoms with Gasteiger partial charge in [0.2, 0.25) is 6.79 Å². The van der Waals surface area contributed by atoms with Gasteiger partial charge in [-0.25, -0.2) is 4.79 Å². The molecule has 0 bridgehead atoms. The summed E-state index contributed by atoms with van der Waals surface area (Å²) < 4.78 is 15.6. The maximum atomic E-state index is 12.5. The summed E-state index contributed by atoms with van der Waals surface area (Å²) in [4.78, 5) is 25.7. The van der Waals surface area contributed by atoms with E-state index in [1.165, 1.54) is 12.7 Å². The van der Waals surface area contributed by atoms with Crippen LogP contribution in [0.2, 0.25) is 0 Å². The number of benzene rings is 2. The monoisotopic (exact) mass is 383 g/mol. The molecule has 146 valence electrons. The molecule has 0 saturated carbocycles. The van der Waals surface area contributed by atoms with Crippen LogP contribution in [0.15, 0.2) is 42.5 Å². The van der Waals surface area contributed by atoms with Crippen molar-refractivity contribution in [3.05, 3.63) is 59.2 Å². The minimum absolute atomic E-state index is 0.110. The molecule has 2 aromatic rings. The molecule has 2 aliphatic rings.